The van der Waals surface area contributed by atoms with Gasteiger partial charge in [-0.1, -0.05) is 41.4 Å². The highest BCUT2D eigenvalue weighted by atomic mass is 79.9. The number of anilines is 1. The first-order valence-electron chi connectivity index (χ1n) is 6.26. The first kappa shape index (κ1) is 13.2. The van der Waals surface area contributed by atoms with Gasteiger partial charge in [-0.3, -0.25) is 0 Å². The van der Waals surface area contributed by atoms with E-state index in [1.807, 2.05) is 12.1 Å². The van der Waals surface area contributed by atoms with Crippen molar-refractivity contribution in [1.29, 1.82) is 0 Å². The van der Waals surface area contributed by atoms with E-state index in [0.29, 0.717) is 6.04 Å². The van der Waals surface area contributed by atoms with E-state index >= 15 is 0 Å². The summed E-state index contributed by atoms with van der Waals surface area (Å²) >= 11 is 9.66. The number of benzene rings is 1. The Kier molecular flexibility index (Phi) is 4.37. The summed E-state index contributed by atoms with van der Waals surface area (Å²) in [4.78, 5) is 0. The van der Waals surface area contributed by atoms with Gasteiger partial charge in [0.1, 0.15) is 0 Å². The molecule has 0 aromatic heterocycles. The molecule has 0 saturated heterocycles. The fourth-order valence-corrected chi connectivity index (χ4v) is 3.62. The molecule has 2 rings (SSSR count). The largest absolute Gasteiger partial charge is 0.381 e. The van der Waals surface area contributed by atoms with E-state index in [2.05, 4.69) is 41.2 Å². The zero-order valence-corrected chi connectivity index (χ0v) is 12.7. The number of hydrogen-bond donors (Lipinski definition) is 1. The van der Waals surface area contributed by atoms with E-state index in [9.17, 15) is 0 Å². The summed E-state index contributed by atoms with van der Waals surface area (Å²) in [5.41, 5.74) is 1.06. The molecule has 0 bridgehead atoms. The Bertz CT molecular complexity index is 384. The van der Waals surface area contributed by atoms with Crippen molar-refractivity contribution in [2.45, 2.75) is 39.2 Å². The smallest absolute Gasteiger partial charge is 0.0648 e. The molecule has 1 aromatic carbocycles. The van der Waals surface area contributed by atoms with E-state index in [1.165, 1.54) is 19.3 Å². The van der Waals surface area contributed by atoms with Gasteiger partial charge in [0.05, 0.1) is 10.7 Å². The minimum atomic E-state index is 0.562. The van der Waals surface area contributed by atoms with Crippen LogP contribution in [0.3, 0.4) is 0 Å². The van der Waals surface area contributed by atoms with Crippen LogP contribution < -0.4 is 5.32 Å². The summed E-state index contributed by atoms with van der Waals surface area (Å²) in [6.45, 7) is 4.68. The highest BCUT2D eigenvalue weighted by Gasteiger charge is 2.24. The zero-order valence-electron chi connectivity index (χ0n) is 10.3. The molecular formula is C14H19BrClN. The summed E-state index contributed by atoms with van der Waals surface area (Å²) in [7, 11) is 0. The Balaban J connectivity index is 2.04. The number of rotatable bonds is 2. The van der Waals surface area contributed by atoms with Crippen LogP contribution in [-0.4, -0.2) is 6.04 Å². The third-order valence-corrected chi connectivity index (χ3v) is 4.28. The molecule has 2 atom stereocenters. The van der Waals surface area contributed by atoms with Gasteiger partial charge < -0.3 is 5.32 Å². The van der Waals surface area contributed by atoms with Crippen molar-refractivity contribution >= 4 is 33.2 Å². The average Bonchev–Trinajstić information content (AvgIpc) is 2.21. The first-order chi connectivity index (χ1) is 8.04. The van der Waals surface area contributed by atoms with Crippen molar-refractivity contribution in [3.63, 3.8) is 0 Å². The molecule has 3 heteroatoms. The fourth-order valence-electron chi connectivity index (χ4n) is 2.89. The van der Waals surface area contributed by atoms with Crippen LogP contribution in [0.15, 0.2) is 22.7 Å². The van der Waals surface area contributed by atoms with Crippen molar-refractivity contribution in [1.82, 2.24) is 0 Å². The summed E-state index contributed by atoms with van der Waals surface area (Å²) in [6.07, 6.45) is 3.85. The lowest BCUT2D eigenvalue weighted by atomic mass is 9.80. The van der Waals surface area contributed by atoms with E-state index in [-0.39, 0.29) is 0 Å². The third-order valence-electron chi connectivity index (χ3n) is 3.47. The number of hydrogen-bond acceptors (Lipinski definition) is 1. The molecule has 1 nitrogen and oxygen atoms in total. The average molecular weight is 317 g/mol. The highest BCUT2D eigenvalue weighted by Crippen LogP contribution is 2.33. The first-order valence-corrected chi connectivity index (χ1v) is 7.43. The SMILES string of the molecule is CC1CC(C)CC(Nc2ccc(Br)cc2Cl)C1. The van der Waals surface area contributed by atoms with Gasteiger partial charge in [0, 0.05) is 10.5 Å². The predicted molar refractivity (Wildman–Crippen MR) is 78.7 cm³/mol. The molecule has 0 aliphatic heterocycles. The summed E-state index contributed by atoms with van der Waals surface area (Å²) in [5, 5.41) is 4.38. The molecule has 0 radical (unpaired) electrons. The Labute approximate surface area is 117 Å². The minimum absolute atomic E-state index is 0.562. The monoisotopic (exact) mass is 315 g/mol. The normalized spacial score (nSPS) is 29.1. The van der Waals surface area contributed by atoms with Crippen LogP contribution in [0.2, 0.25) is 5.02 Å². The van der Waals surface area contributed by atoms with Crippen LogP contribution in [-0.2, 0) is 0 Å². The van der Waals surface area contributed by atoms with Crippen LogP contribution in [0.5, 0.6) is 0 Å². The second-order valence-corrected chi connectivity index (χ2v) is 6.71. The molecule has 1 aromatic rings. The van der Waals surface area contributed by atoms with Crippen molar-refractivity contribution < 1.29 is 0 Å². The van der Waals surface area contributed by atoms with Crippen LogP contribution in [0.25, 0.3) is 0 Å². The molecule has 94 valence electrons. The van der Waals surface area contributed by atoms with Gasteiger partial charge in [0.25, 0.3) is 0 Å². The minimum Gasteiger partial charge on any atom is -0.381 e. The number of nitrogens with one attached hydrogen (secondary N) is 1. The Morgan fingerprint density at radius 3 is 2.41 bits per heavy atom. The molecule has 0 amide bonds. The van der Waals surface area contributed by atoms with Crippen LogP contribution in [0, 0.1) is 11.8 Å². The standard InChI is InChI=1S/C14H19BrClN/c1-9-5-10(2)7-12(6-9)17-14-4-3-11(15)8-13(14)16/h3-4,8-10,12,17H,5-7H2,1-2H3. The lowest BCUT2D eigenvalue weighted by Gasteiger charge is -2.32. The molecule has 1 fully saturated rings. The maximum Gasteiger partial charge on any atom is 0.0648 e. The second kappa shape index (κ2) is 5.62. The van der Waals surface area contributed by atoms with E-state index < -0.39 is 0 Å². The van der Waals surface area contributed by atoms with Crippen LogP contribution >= 0.6 is 27.5 Å². The maximum absolute atomic E-state index is 6.23. The molecule has 1 saturated carbocycles. The molecule has 1 aliphatic rings. The van der Waals surface area contributed by atoms with E-state index in [1.54, 1.807) is 0 Å². The molecule has 2 unspecified atom stereocenters. The van der Waals surface area contributed by atoms with Crippen molar-refractivity contribution in [2.75, 3.05) is 5.32 Å². The third kappa shape index (κ3) is 3.62. The van der Waals surface area contributed by atoms with Gasteiger partial charge in [-0.05, 0) is 49.3 Å². The maximum atomic E-state index is 6.23. The molecule has 1 aliphatic carbocycles. The Hall–Kier alpha value is -0.210. The van der Waals surface area contributed by atoms with Gasteiger partial charge in [-0.15, -0.1) is 0 Å². The quantitative estimate of drug-likeness (QED) is 0.776. The fraction of sp³-hybridized carbons (Fsp3) is 0.571. The van der Waals surface area contributed by atoms with Crippen LogP contribution in [0.4, 0.5) is 5.69 Å². The van der Waals surface area contributed by atoms with Crippen LogP contribution in [0.1, 0.15) is 33.1 Å². The molecule has 1 N–H and O–H groups in total. The van der Waals surface area contributed by atoms with Gasteiger partial charge >= 0.3 is 0 Å². The van der Waals surface area contributed by atoms with Gasteiger partial charge in [-0.25, -0.2) is 0 Å². The summed E-state index contributed by atoms with van der Waals surface area (Å²) in [6, 6.07) is 6.59. The second-order valence-electron chi connectivity index (χ2n) is 5.38. The van der Waals surface area contributed by atoms with Crippen molar-refractivity contribution in [3.05, 3.63) is 27.7 Å². The summed E-state index contributed by atoms with van der Waals surface area (Å²) < 4.78 is 1.03. The lowest BCUT2D eigenvalue weighted by molar-refractivity contribution is 0.281. The lowest BCUT2D eigenvalue weighted by Crippen LogP contribution is -2.30. The van der Waals surface area contributed by atoms with Crippen molar-refractivity contribution in [3.8, 4) is 0 Å². The molecule has 17 heavy (non-hydrogen) atoms. The predicted octanol–water partition coefficient (Wildman–Crippen LogP) is 5.34. The molecule has 0 spiro atoms. The Morgan fingerprint density at radius 1 is 1.18 bits per heavy atom. The van der Waals surface area contributed by atoms with Gasteiger partial charge in [0.15, 0.2) is 0 Å². The highest BCUT2D eigenvalue weighted by molar-refractivity contribution is 9.10. The number of halogens is 2. The zero-order chi connectivity index (χ0) is 12.4. The topological polar surface area (TPSA) is 12.0 Å². The van der Waals surface area contributed by atoms with E-state index in [0.717, 1.165) is 27.0 Å². The van der Waals surface area contributed by atoms with Crippen molar-refractivity contribution in [2.24, 2.45) is 11.8 Å². The Morgan fingerprint density at radius 2 is 1.82 bits per heavy atom. The molecular weight excluding hydrogens is 298 g/mol. The van der Waals surface area contributed by atoms with Gasteiger partial charge in [-0.2, -0.15) is 0 Å². The van der Waals surface area contributed by atoms with Gasteiger partial charge in [0.2, 0.25) is 0 Å². The van der Waals surface area contributed by atoms with E-state index in [4.69, 9.17) is 11.6 Å². The molecule has 0 heterocycles. The summed E-state index contributed by atoms with van der Waals surface area (Å²) in [5.74, 6) is 1.62.